The van der Waals surface area contributed by atoms with Gasteiger partial charge in [0.15, 0.2) is 0 Å². The van der Waals surface area contributed by atoms with Crippen molar-refractivity contribution in [1.82, 2.24) is 9.55 Å². The number of aryl methyl sites for hydroxylation is 1. The van der Waals surface area contributed by atoms with Gasteiger partial charge in [-0.15, -0.1) is 0 Å². The second kappa shape index (κ2) is 3.50. The predicted molar refractivity (Wildman–Crippen MR) is 52.5 cm³/mol. The minimum atomic E-state index is 0.395. The number of hydrogen-bond acceptors (Lipinski definition) is 2. The smallest absolute Gasteiger partial charge is 0.111 e. The molecule has 72 valence electrons. The van der Waals surface area contributed by atoms with E-state index in [2.05, 4.69) is 22.7 Å². The Bertz CT molecular complexity index is 279. The number of imidazole rings is 1. The van der Waals surface area contributed by atoms with E-state index in [1.165, 1.54) is 12.2 Å². The normalized spacial score (nSPS) is 28.2. The summed E-state index contributed by atoms with van der Waals surface area (Å²) in [6.45, 7) is 3.17. The molecule has 2 N–H and O–H groups in total. The van der Waals surface area contributed by atoms with Crippen LogP contribution in [0.1, 0.15) is 37.9 Å². The van der Waals surface area contributed by atoms with Crippen LogP contribution >= 0.6 is 0 Å². The Balaban J connectivity index is 2.16. The molecule has 1 heterocycles. The maximum atomic E-state index is 5.89. The van der Waals surface area contributed by atoms with Crippen molar-refractivity contribution in [1.29, 1.82) is 0 Å². The summed E-state index contributed by atoms with van der Waals surface area (Å²) in [4.78, 5) is 4.41. The zero-order valence-corrected chi connectivity index (χ0v) is 8.11. The fourth-order valence-electron chi connectivity index (χ4n) is 2.20. The molecule has 1 fully saturated rings. The lowest BCUT2D eigenvalue weighted by molar-refractivity contribution is 0.590. The predicted octanol–water partition coefficient (Wildman–Crippen LogP) is 1.50. The third kappa shape index (κ3) is 1.61. The maximum absolute atomic E-state index is 5.89. The molecule has 1 aliphatic carbocycles. The van der Waals surface area contributed by atoms with E-state index in [0.717, 1.165) is 19.4 Å². The first-order chi connectivity index (χ1) is 6.31. The van der Waals surface area contributed by atoms with Gasteiger partial charge in [0, 0.05) is 30.9 Å². The van der Waals surface area contributed by atoms with Gasteiger partial charge in [0.05, 0.1) is 0 Å². The number of rotatable bonds is 2. The molecular weight excluding hydrogens is 162 g/mol. The molecule has 1 aromatic heterocycles. The molecular formula is C10H17N3. The molecule has 0 amide bonds. The highest BCUT2D eigenvalue weighted by atomic mass is 15.1. The molecule has 0 aromatic carbocycles. The zero-order valence-electron chi connectivity index (χ0n) is 8.11. The van der Waals surface area contributed by atoms with Crippen LogP contribution in [-0.2, 0) is 6.54 Å². The van der Waals surface area contributed by atoms with Gasteiger partial charge >= 0.3 is 0 Å². The monoisotopic (exact) mass is 179 g/mol. The molecule has 1 aromatic rings. The van der Waals surface area contributed by atoms with Crippen molar-refractivity contribution < 1.29 is 0 Å². The van der Waals surface area contributed by atoms with E-state index < -0.39 is 0 Å². The average Bonchev–Trinajstić information content (AvgIpc) is 2.71. The maximum Gasteiger partial charge on any atom is 0.111 e. The summed E-state index contributed by atoms with van der Waals surface area (Å²) in [5, 5.41) is 0. The van der Waals surface area contributed by atoms with Crippen molar-refractivity contribution in [2.45, 2.75) is 44.7 Å². The lowest BCUT2D eigenvalue weighted by atomic mass is 10.1. The van der Waals surface area contributed by atoms with Gasteiger partial charge in [-0.2, -0.15) is 0 Å². The molecule has 1 aliphatic rings. The first-order valence-electron chi connectivity index (χ1n) is 5.08. The van der Waals surface area contributed by atoms with E-state index >= 15 is 0 Å². The first-order valence-corrected chi connectivity index (χ1v) is 5.08. The van der Waals surface area contributed by atoms with Crippen molar-refractivity contribution in [2.24, 2.45) is 5.73 Å². The van der Waals surface area contributed by atoms with Gasteiger partial charge in [0.1, 0.15) is 5.82 Å². The van der Waals surface area contributed by atoms with Crippen molar-refractivity contribution >= 4 is 0 Å². The van der Waals surface area contributed by atoms with Gasteiger partial charge in [-0.3, -0.25) is 0 Å². The molecule has 3 nitrogen and oxygen atoms in total. The SMILES string of the molecule is CCn1ccnc1C1CCC(N)C1. The second-order valence-corrected chi connectivity index (χ2v) is 3.84. The molecule has 0 spiro atoms. The summed E-state index contributed by atoms with van der Waals surface area (Å²) >= 11 is 0. The number of aromatic nitrogens is 2. The van der Waals surface area contributed by atoms with Gasteiger partial charge in [-0.25, -0.2) is 4.98 Å². The zero-order chi connectivity index (χ0) is 9.26. The second-order valence-electron chi connectivity index (χ2n) is 3.84. The Morgan fingerprint density at radius 3 is 3.08 bits per heavy atom. The van der Waals surface area contributed by atoms with Gasteiger partial charge in [0.25, 0.3) is 0 Å². The summed E-state index contributed by atoms with van der Waals surface area (Å²) in [5.74, 6) is 1.83. The molecule has 2 atom stereocenters. The molecule has 0 radical (unpaired) electrons. The molecule has 2 unspecified atom stereocenters. The van der Waals surface area contributed by atoms with Crippen LogP contribution in [-0.4, -0.2) is 15.6 Å². The summed E-state index contributed by atoms with van der Waals surface area (Å²) in [7, 11) is 0. The van der Waals surface area contributed by atoms with Crippen LogP contribution < -0.4 is 5.73 Å². The summed E-state index contributed by atoms with van der Waals surface area (Å²) in [6.07, 6.45) is 7.41. The molecule has 0 aliphatic heterocycles. The van der Waals surface area contributed by atoms with Crippen LogP contribution in [0.25, 0.3) is 0 Å². The highest BCUT2D eigenvalue weighted by Crippen LogP contribution is 2.32. The minimum absolute atomic E-state index is 0.395. The molecule has 0 bridgehead atoms. The Morgan fingerprint density at radius 1 is 1.62 bits per heavy atom. The van der Waals surface area contributed by atoms with Crippen molar-refractivity contribution in [3.63, 3.8) is 0 Å². The highest BCUT2D eigenvalue weighted by Gasteiger charge is 2.25. The lowest BCUT2D eigenvalue weighted by Gasteiger charge is -2.10. The third-order valence-corrected chi connectivity index (χ3v) is 2.93. The summed E-state index contributed by atoms with van der Waals surface area (Å²) < 4.78 is 2.22. The standard InChI is InChI=1S/C10H17N3/c1-2-13-6-5-12-10(13)8-3-4-9(11)7-8/h5-6,8-9H,2-4,7,11H2,1H3. The quantitative estimate of drug-likeness (QED) is 0.747. The Morgan fingerprint density at radius 2 is 2.46 bits per heavy atom. The lowest BCUT2D eigenvalue weighted by Crippen LogP contribution is -2.15. The Hall–Kier alpha value is -0.830. The third-order valence-electron chi connectivity index (χ3n) is 2.93. The molecule has 2 rings (SSSR count). The van der Waals surface area contributed by atoms with Crippen LogP contribution in [0.5, 0.6) is 0 Å². The highest BCUT2D eigenvalue weighted by molar-refractivity contribution is 5.04. The molecule has 0 saturated heterocycles. The minimum Gasteiger partial charge on any atom is -0.335 e. The molecule has 13 heavy (non-hydrogen) atoms. The van der Waals surface area contributed by atoms with Crippen LogP contribution in [0.15, 0.2) is 12.4 Å². The van der Waals surface area contributed by atoms with E-state index in [4.69, 9.17) is 5.73 Å². The van der Waals surface area contributed by atoms with E-state index in [1.54, 1.807) is 0 Å². The van der Waals surface area contributed by atoms with Crippen molar-refractivity contribution in [3.05, 3.63) is 18.2 Å². The average molecular weight is 179 g/mol. The Labute approximate surface area is 79.0 Å². The van der Waals surface area contributed by atoms with E-state index in [-0.39, 0.29) is 0 Å². The summed E-state index contributed by atoms with van der Waals surface area (Å²) in [5.41, 5.74) is 5.89. The van der Waals surface area contributed by atoms with Gasteiger partial charge < -0.3 is 10.3 Å². The van der Waals surface area contributed by atoms with E-state index in [0.29, 0.717) is 12.0 Å². The molecule has 1 saturated carbocycles. The largest absolute Gasteiger partial charge is 0.335 e. The van der Waals surface area contributed by atoms with Gasteiger partial charge in [-0.1, -0.05) is 0 Å². The van der Waals surface area contributed by atoms with Gasteiger partial charge in [0.2, 0.25) is 0 Å². The van der Waals surface area contributed by atoms with Crippen molar-refractivity contribution in [3.8, 4) is 0 Å². The number of nitrogens with zero attached hydrogens (tertiary/aromatic N) is 2. The van der Waals surface area contributed by atoms with Crippen molar-refractivity contribution in [2.75, 3.05) is 0 Å². The number of nitrogens with two attached hydrogens (primary N) is 1. The first kappa shape index (κ1) is 8.75. The van der Waals surface area contributed by atoms with Gasteiger partial charge in [-0.05, 0) is 26.2 Å². The number of hydrogen-bond donors (Lipinski definition) is 1. The van der Waals surface area contributed by atoms with Crippen LogP contribution in [0.3, 0.4) is 0 Å². The van der Waals surface area contributed by atoms with Crippen LogP contribution in [0.2, 0.25) is 0 Å². The van der Waals surface area contributed by atoms with Crippen LogP contribution in [0, 0.1) is 0 Å². The Kier molecular flexibility index (Phi) is 2.36. The van der Waals surface area contributed by atoms with Crippen LogP contribution in [0.4, 0.5) is 0 Å². The van der Waals surface area contributed by atoms with E-state index in [9.17, 15) is 0 Å². The van der Waals surface area contributed by atoms with E-state index in [1.807, 2.05) is 6.20 Å². The fourth-order valence-corrected chi connectivity index (χ4v) is 2.20. The molecule has 3 heteroatoms. The topological polar surface area (TPSA) is 43.8 Å². The summed E-state index contributed by atoms with van der Waals surface area (Å²) in [6, 6.07) is 0.395. The fraction of sp³-hybridized carbons (Fsp3) is 0.700.